The number of ether oxygens (including phenoxy) is 3. The summed E-state index contributed by atoms with van der Waals surface area (Å²) in [5.41, 5.74) is 19.6. The van der Waals surface area contributed by atoms with E-state index in [4.69, 9.17) is 31.4 Å². The number of carbonyl (C=O) groups excluding carboxylic acids is 3. The first-order valence-electron chi connectivity index (χ1n) is 17.2. The van der Waals surface area contributed by atoms with Gasteiger partial charge in [-0.15, -0.1) is 0 Å². The van der Waals surface area contributed by atoms with Crippen molar-refractivity contribution >= 4 is 17.9 Å². The summed E-state index contributed by atoms with van der Waals surface area (Å²) in [4.78, 5) is 36.9. The molecule has 12 N–H and O–H groups in total. The fraction of sp³-hybridized carbons (Fsp3) is 0.727. The summed E-state index contributed by atoms with van der Waals surface area (Å²) < 4.78 is 15.6. The summed E-state index contributed by atoms with van der Waals surface area (Å²) in [5.74, 6) is -1.96. The van der Waals surface area contributed by atoms with Crippen molar-refractivity contribution in [3.8, 4) is 0 Å². The zero-order valence-corrected chi connectivity index (χ0v) is 30.0. The number of rotatable bonds is 0. The summed E-state index contributed by atoms with van der Waals surface area (Å²) in [6, 6.07) is -2.90. The van der Waals surface area contributed by atoms with Crippen LogP contribution in [0.3, 0.4) is 0 Å². The van der Waals surface area contributed by atoms with Gasteiger partial charge in [0, 0.05) is 38.9 Å². The van der Waals surface area contributed by atoms with Crippen molar-refractivity contribution in [2.45, 2.75) is 115 Å². The van der Waals surface area contributed by atoms with Crippen LogP contribution in [-0.4, -0.2) is 140 Å². The van der Waals surface area contributed by atoms with Crippen LogP contribution in [0.2, 0.25) is 0 Å². The van der Waals surface area contributed by atoms with Gasteiger partial charge in [0.2, 0.25) is 0 Å². The number of nitrogens with zero attached hydrogens (tertiary/aromatic N) is 3. The van der Waals surface area contributed by atoms with Gasteiger partial charge in [-0.25, -0.2) is 0 Å². The van der Waals surface area contributed by atoms with Gasteiger partial charge >= 0.3 is 17.9 Å². The van der Waals surface area contributed by atoms with Gasteiger partial charge in [-0.1, -0.05) is 16.7 Å². The lowest BCUT2D eigenvalue weighted by molar-refractivity contribution is -0.177. The van der Waals surface area contributed by atoms with Crippen molar-refractivity contribution in [2.24, 2.45) is 17.2 Å². The minimum Gasteiger partial charge on any atom is -0.464 e. The van der Waals surface area contributed by atoms with E-state index in [0.717, 1.165) is 0 Å². The highest BCUT2D eigenvalue weighted by molar-refractivity contribution is 5.76. The molecule has 0 radical (unpaired) electrons. The van der Waals surface area contributed by atoms with Gasteiger partial charge in [-0.3, -0.25) is 14.4 Å². The normalized spacial score (nSPS) is 29.9. The van der Waals surface area contributed by atoms with E-state index in [0.29, 0.717) is 31.9 Å². The van der Waals surface area contributed by atoms with Crippen LogP contribution >= 0.6 is 0 Å². The first kappa shape index (κ1) is 46.2. The Balaban J connectivity index is 2.83. The van der Waals surface area contributed by atoms with Crippen molar-refractivity contribution < 1.29 is 59.5 Å². The molecule has 18 heteroatoms. The Morgan fingerprint density at radius 1 is 0.529 bits per heavy atom. The van der Waals surface area contributed by atoms with E-state index in [2.05, 4.69) is 0 Å². The Bertz CT molecular complexity index is 1020. The molecule has 0 spiro atoms. The topological polar surface area (TPSA) is 288 Å². The Morgan fingerprint density at radius 2 is 0.765 bits per heavy atom. The minimum absolute atomic E-state index is 0.00136. The van der Waals surface area contributed by atoms with E-state index in [9.17, 15) is 45.3 Å². The Hall–Kier alpha value is -2.85. The monoisotopic (exact) mass is 732 g/mol. The number of aliphatic hydroxyl groups is 3. The van der Waals surface area contributed by atoms with Crippen molar-refractivity contribution in [1.82, 2.24) is 15.2 Å². The van der Waals surface area contributed by atoms with Crippen molar-refractivity contribution in [3.05, 3.63) is 34.9 Å². The molecule has 1 aliphatic heterocycles. The van der Waals surface area contributed by atoms with Crippen LogP contribution in [0.25, 0.3) is 0 Å². The molecule has 0 aromatic rings. The third kappa shape index (κ3) is 20.1. The fourth-order valence-electron chi connectivity index (χ4n) is 4.70. The molecule has 0 bridgehead atoms. The average Bonchev–Trinajstić information content (AvgIpc) is 3.06. The number of cyclic esters (lactones) is 3. The van der Waals surface area contributed by atoms with E-state index in [1.165, 1.54) is 18.2 Å². The van der Waals surface area contributed by atoms with E-state index in [1.807, 2.05) is 0 Å². The van der Waals surface area contributed by atoms with Crippen LogP contribution in [0.5, 0.6) is 0 Å². The van der Waals surface area contributed by atoms with Crippen LogP contribution in [0.4, 0.5) is 0 Å². The van der Waals surface area contributed by atoms with E-state index < -0.39 is 54.7 Å². The Morgan fingerprint density at radius 3 is 1.00 bits per heavy atom. The number of hydrogen-bond donors (Lipinski definition) is 9. The summed E-state index contributed by atoms with van der Waals surface area (Å²) in [7, 11) is 0. The van der Waals surface area contributed by atoms with Crippen molar-refractivity contribution in [1.29, 1.82) is 0 Å². The Kier molecular flexibility index (Phi) is 22.8. The minimum atomic E-state index is -1.35. The zero-order valence-electron chi connectivity index (χ0n) is 30.0. The molecular formula is C33H60N6O12. The molecule has 0 saturated heterocycles. The second-order valence-electron chi connectivity index (χ2n) is 12.8. The summed E-state index contributed by atoms with van der Waals surface area (Å²) >= 11 is 0. The quantitative estimate of drug-likeness (QED) is 0.0899. The Labute approximate surface area is 299 Å². The molecule has 0 aromatic carbocycles. The molecule has 0 aliphatic carbocycles. The molecule has 0 amide bonds. The predicted octanol–water partition coefficient (Wildman–Crippen LogP) is -0.00990. The predicted molar refractivity (Wildman–Crippen MR) is 183 cm³/mol. The molecule has 1 heterocycles. The lowest BCUT2D eigenvalue weighted by Crippen LogP contribution is -2.36. The first-order valence-corrected chi connectivity index (χ1v) is 17.2. The summed E-state index contributed by atoms with van der Waals surface area (Å²) in [6.45, 7) is 5.01. The van der Waals surface area contributed by atoms with Gasteiger partial charge < -0.3 is 62.4 Å². The molecule has 294 valence electrons. The number of carbonyl (C=O) groups is 3. The highest BCUT2D eigenvalue weighted by atomic mass is 16.6. The van der Waals surface area contributed by atoms with Crippen molar-refractivity contribution in [3.63, 3.8) is 0 Å². The average molecular weight is 733 g/mol. The third-order valence-corrected chi connectivity index (χ3v) is 8.05. The highest BCUT2D eigenvalue weighted by Gasteiger charge is 2.20. The molecule has 51 heavy (non-hydrogen) atoms. The highest BCUT2D eigenvalue weighted by Crippen LogP contribution is 2.11. The molecule has 18 nitrogen and oxygen atoms in total. The molecule has 6 unspecified atom stereocenters. The van der Waals surface area contributed by atoms with Crippen LogP contribution in [0, 0.1) is 0 Å². The van der Waals surface area contributed by atoms with Gasteiger partial charge in [0.05, 0.1) is 19.8 Å². The summed E-state index contributed by atoms with van der Waals surface area (Å²) in [6.07, 6.45) is 2.20. The maximum Gasteiger partial charge on any atom is 0.322 e. The number of hydroxylamine groups is 6. The second kappa shape index (κ2) is 25.2. The molecule has 0 saturated carbocycles. The van der Waals surface area contributed by atoms with Crippen LogP contribution in [-0.2, 0) is 28.6 Å². The van der Waals surface area contributed by atoms with E-state index in [-0.39, 0.29) is 97.2 Å². The maximum atomic E-state index is 12.3. The smallest absolute Gasteiger partial charge is 0.322 e. The van der Waals surface area contributed by atoms with Crippen LogP contribution in [0.15, 0.2) is 34.9 Å². The molecule has 0 fully saturated rings. The first-order chi connectivity index (χ1) is 24.0. The second-order valence-corrected chi connectivity index (χ2v) is 12.8. The van der Waals surface area contributed by atoms with Crippen LogP contribution in [0.1, 0.15) is 78.6 Å². The van der Waals surface area contributed by atoms with Gasteiger partial charge in [0.15, 0.2) is 0 Å². The fourth-order valence-corrected chi connectivity index (χ4v) is 4.70. The molecule has 1 aliphatic rings. The lowest BCUT2D eigenvalue weighted by Gasteiger charge is -2.21. The molecule has 1 rings (SSSR count). The van der Waals surface area contributed by atoms with E-state index >= 15 is 0 Å². The molecule has 6 atom stereocenters. The molecular weight excluding hydrogens is 672 g/mol. The summed E-state index contributed by atoms with van der Waals surface area (Å²) in [5, 5.41) is 63.5. The van der Waals surface area contributed by atoms with Gasteiger partial charge in [0.25, 0.3) is 0 Å². The molecule has 0 aromatic heterocycles. The number of nitrogens with two attached hydrogens (primary N) is 3. The lowest BCUT2D eigenvalue weighted by atomic mass is 10.1. The number of esters is 3. The zero-order chi connectivity index (χ0) is 38.5. The largest absolute Gasteiger partial charge is 0.464 e. The number of hydrogen-bond acceptors (Lipinski definition) is 18. The van der Waals surface area contributed by atoms with Crippen molar-refractivity contribution in [2.75, 3.05) is 39.5 Å². The van der Waals surface area contributed by atoms with Gasteiger partial charge in [-0.05, 0) is 77.5 Å². The van der Waals surface area contributed by atoms with Gasteiger partial charge in [0.1, 0.15) is 36.8 Å². The standard InChI is InChI=1S/C33H60N6O12/c1-22-10-16-49-31(43)25(34)8-5-14-38(47)29(41)20-24(3)12-18-51-33(45)27(36)9-6-15-39(48)30(42)21-23(2)11-17-50-32(44)26(35)7-4-13-37(46)28(40)19-22/h19-21,25-30,40-42,46-48H,4-18,34-36H2,1-3H3. The maximum absolute atomic E-state index is 12.3. The van der Waals surface area contributed by atoms with Crippen LogP contribution < -0.4 is 17.2 Å². The SMILES string of the molecule is CC1=CC(O)N(O)CCCC(N)C(=O)OCCC(C)=CC(O)N(O)CCCC(N)C(=O)OCCC(C)=CC(O)N(O)CCCC(N)C(=O)OCC1. The third-order valence-electron chi connectivity index (χ3n) is 8.05. The van der Waals surface area contributed by atoms with E-state index in [1.54, 1.807) is 20.8 Å². The van der Waals surface area contributed by atoms with Gasteiger partial charge in [-0.2, -0.15) is 15.2 Å². The number of aliphatic hydroxyl groups excluding tert-OH is 3.